The lowest BCUT2D eigenvalue weighted by atomic mass is 9.88. The Kier molecular flexibility index (Phi) is 12.5. The van der Waals surface area contributed by atoms with Crippen LogP contribution in [0, 0.1) is 5.92 Å². The number of carbonyl (C=O) groups is 4. The minimum atomic E-state index is -0.592. The summed E-state index contributed by atoms with van der Waals surface area (Å²) in [4.78, 5) is 56.0. The molecule has 2 aliphatic rings. The van der Waals surface area contributed by atoms with Gasteiger partial charge in [-0.1, -0.05) is 73.5 Å². The fourth-order valence-electron chi connectivity index (χ4n) is 7.36. The maximum atomic E-state index is 14.4. The first kappa shape index (κ1) is 37.3. The second-order valence-electron chi connectivity index (χ2n) is 14.1. The molecule has 0 saturated heterocycles. The molecule has 0 bridgehead atoms. The molecule has 6 rings (SSSR count). The van der Waals surface area contributed by atoms with Crippen LogP contribution in [0.1, 0.15) is 87.5 Å². The fraction of sp³-hybridized carbons (Fsp3) is 0.349. The summed E-state index contributed by atoms with van der Waals surface area (Å²) in [6, 6.07) is 29.9. The second-order valence-corrected chi connectivity index (χ2v) is 14.1. The average molecular weight is 716 g/mol. The van der Waals surface area contributed by atoms with Gasteiger partial charge in [0.15, 0.2) is 0 Å². The van der Waals surface area contributed by atoms with E-state index in [1.807, 2.05) is 90.8 Å². The van der Waals surface area contributed by atoms with Gasteiger partial charge in [-0.15, -0.1) is 0 Å². The third kappa shape index (κ3) is 9.90. The minimum Gasteiger partial charge on any atom is -0.494 e. The highest BCUT2D eigenvalue weighted by Gasteiger charge is 2.34. The van der Waals surface area contributed by atoms with Crippen molar-refractivity contribution in [3.05, 3.63) is 130 Å². The molecule has 1 atom stereocenters. The molecule has 1 unspecified atom stereocenters. The predicted octanol–water partition coefficient (Wildman–Crippen LogP) is 6.26. The lowest BCUT2D eigenvalue weighted by Crippen LogP contribution is -2.40. The van der Waals surface area contributed by atoms with Crippen molar-refractivity contribution < 1.29 is 23.9 Å². The average Bonchev–Trinajstić information content (AvgIpc) is 3.68. The van der Waals surface area contributed by atoms with Crippen molar-refractivity contribution in [1.82, 2.24) is 15.1 Å². The van der Waals surface area contributed by atoms with Gasteiger partial charge in [-0.3, -0.25) is 19.2 Å². The van der Waals surface area contributed by atoms with Crippen LogP contribution in [0.4, 0.5) is 5.69 Å². The van der Waals surface area contributed by atoms with Gasteiger partial charge in [0.1, 0.15) is 5.75 Å². The molecule has 276 valence electrons. The van der Waals surface area contributed by atoms with Gasteiger partial charge in [-0.2, -0.15) is 0 Å². The van der Waals surface area contributed by atoms with E-state index in [-0.39, 0.29) is 36.9 Å². The molecule has 10 heteroatoms. The summed E-state index contributed by atoms with van der Waals surface area (Å²) in [7, 11) is 1.92. The van der Waals surface area contributed by atoms with E-state index < -0.39 is 5.91 Å². The van der Waals surface area contributed by atoms with Crippen LogP contribution in [0.2, 0.25) is 0 Å². The van der Waals surface area contributed by atoms with Crippen LogP contribution in [0.25, 0.3) is 0 Å². The number of primary amides is 1. The fourth-order valence-corrected chi connectivity index (χ4v) is 7.36. The summed E-state index contributed by atoms with van der Waals surface area (Å²) < 4.78 is 5.93. The van der Waals surface area contributed by atoms with E-state index in [1.54, 1.807) is 18.2 Å². The van der Waals surface area contributed by atoms with Crippen molar-refractivity contribution in [3.63, 3.8) is 0 Å². The van der Waals surface area contributed by atoms with Gasteiger partial charge in [-0.25, -0.2) is 0 Å². The number of hydrogen-bond donors (Lipinski definition) is 3. The first-order chi connectivity index (χ1) is 25.8. The normalized spacial score (nSPS) is 15.5. The topological polar surface area (TPSA) is 134 Å². The molecule has 1 heterocycles. The summed E-state index contributed by atoms with van der Waals surface area (Å²) in [6.07, 6.45) is 6.51. The zero-order valence-corrected chi connectivity index (χ0v) is 30.4. The number of carbonyl (C=O) groups excluding carboxylic acids is 4. The highest BCUT2D eigenvalue weighted by Crippen LogP contribution is 2.36. The lowest BCUT2D eigenvalue weighted by molar-refractivity contribution is -0.119. The number of hydrogen-bond acceptors (Lipinski definition) is 6. The van der Waals surface area contributed by atoms with Gasteiger partial charge in [0, 0.05) is 36.3 Å². The Morgan fingerprint density at radius 2 is 1.64 bits per heavy atom. The number of benzene rings is 4. The molecule has 4 aromatic carbocycles. The van der Waals surface area contributed by atoms with Gasteiger partial charge in [-0.05, 0) is 104 Å². The van der Waals surface area contributed by atoms with Crippen LogP contribution < -0.4 is 21.1 Å². The van der Waals surface area contributed by atoms with E-state index in [1.165, 1.54) is 17.7 Å². The van der Waals surface area contributed by atoms with E-state index >= 15 is 0 Å². The molecule has 0 spiro atoms. The molecule has 4 aromatic rings. The van der Waals surface area contributed by atoms with Crippen molar-refractivity contribution in [2.75, 3.05) is 32.1 Å². The summed E-state index contributed by atoms with van der Waals surface area (Å²) in [5.41, 5.74) is 10.8. The monoisotopic (exact) mass is 715 g/mol. The van der Waals surface area contributed by atoms with Crippen LogP contribution in [0.5, 0.6) is 5.75 Å². The van der Waals surface area contributed by atoms with E-state index in [0.29, 0.717) is 48.7 Å². The Labute approximate surface area is 311 Å². The molecule has 1 aliphatic carbocycles. The number of amides is 4. The van der Waals surface area contributed by atoms with E-state index in [4.69, 9.17) is 10.5 Å². The molecular weight excluding hydrogens is 667 g/mol. The summed E-state index contributed by atoms with van der Waals surface area (Å²) >= 11 is 0. The van der Waals surface area contributed by atoms with Crippen LogP contribution in [-0.4, -0.2) is 60.2 Å². The lowest BCUT2D eigenvalue weighted by Gasteiger charge is -2.37. The van der Waals surface area contributed by atoms with Crippen molar-refractivity contribution >= 4 is 29.3 Å². The summed E-state index contributed by atoms with van der Waals surface area (Å²) in [5, 5.41) is 6.16. The maximum absolute atomic E-state index is 14.4. The maximum Gasteiger partial charge on any atom is 0.255 e. The summed E-state index contributed by atoms with van der Waals surface area (Å²) in [6.45, 7) is 1.81. The highest BCUT2D eigenvalue weighted by atomic mass is 16.5. The van der Waals surface area contributed by atoms with Gasteiger partial charge >= 0.3 is 0 Å². The first-order valence-corrected chi connectivity index (χ1v) is 18.6. The van der Waals surface area contributed by atoms with E-state index in [0.717, 1.165) is 53.8 Å². The Morgan fingerprint density at radius 1 is 0.906 bits per heavy atom. The molecule has 4 amide bonds. The largest absolute Gasteiger partial charge is 0.494 e. The third-order valence-corrected chi connectivity index (χ3v) is 10.1. The van der Waals surface area contributed by atoms with Crippen molar-refractivity contribution in [3.8, 4) is 5.75 Å². The van der Waals surface area contributed by atoms with Crippen LogP contribution in [0.3, 0.4) is 0 Å². The van der Waals surface area contributed by atoms with Crippen molar-refractivity contribution in [1.29, 1.82) is 0 Å². The van der Waals surface area contributed by atoms with Crippen LogP contribution >= 0.6 is 0 Å². The zero-order valence-electron chi connectivity index (χ0n) is 30.4. The SMILES string of the molecule is CNCCCOc1ccc(C2Cc3ccc(NC(=O)CC4CCCC4)cc3C(=O)N2Cc2ccc(C(=O)N(CC(N)=O)Cc3ccccc3)cc2)cc1. The molecule has 1 fully saturated rings. The number of nitrogens with two attached hydrogens (primary N) is 1. The Morgan fingerprint density at radius 3 is 2.34 bits per heavy atom. The number of nitrogens with zero attached hydrogens (tertiary/aromatic N) is 2. The quantitative estimate of drug-likeness (QED) is 0.117. The molecule has 10 nitrogen and oxygen atoms in total. The standard InChI is InChI=1S/C43H49N5O5/c1-45-22-7-23-53-37-20-17-33(18-21-37)39-25-35-16-19-36(46-41(50)24-30-8-5-6-9-30)26-38(35)43(52)48(39)28-32-12-14-34(15-13-32)42(51)47(29-40(44)49)27-31-10-3-2-4-11-31/h2-4,10-21,26,30,39,45H,5-9,22-25,27-29H2,1H3,(H2,44,49)(H,46,50). The number of rotatable bonds is 16. The zero-order chi connectivity index (χ0) is 37.2. The number of ether oxygens (including phenoxy) is 1. The van der Waals surface area contributed by atoms with Gasteiger partial charge < -0.3 is 30.9 Å². The third-order valence-electron chi connectivity index (χ3n) is 10.1. The van der Waals surface area contributed by atoms with Gasteiger partial charge in [0.05, 0.1) is 19.2 Å². The number of fused-ring (bicyclic) bond motifs is 1. The van der Waals surface area contributed by atoms with Gasteiger partial charge in [0.2, 0.25) is 11.8 Å². The number of nitrogens with one attached hydrogen (secondary N) is 2. The van der Waals surface area contributed by atoms with Gasteiger partial charge in [0.25, 0.3) is 11.8 Å². The van der Waals surface area contributed by atoms with E-state index in [2.05, 4.69) is 10.6 Å². The number of anilines is 1. The first-order valence-electron chi connectivity index (χ1n) is 18.6. The molecule has 1 aliphatic heterocycles. The second kappa shape index (κ2) is 17.8. The molecular formula is C43H49N5O5. The van der Waals surface area contributed by atoms with Crippen LogP contribution in [-0.2, 0) is 29.1 Å². The Bertz CT molecular complexity index is 1870. The Balaban J connectivity index is 1.22. The van der Waals surface area contributed by atoms with E-state index in [9.17, 15) is 19.2 Å². The summed E-state index contributed by atoms with van der Waals surface area (Å²) in [5.74, 6) is 0.144. The molecule has 1 saturated carbocycles. The molecule has 0 radical (unpaired) electrons. The van der Waals surface area contributed by atoms with Crippen LogP contribution in [0.15, 0.2) is 97.1 Å². The minimum absolute atomic E-state index is 0.0177. The smallest absolute Gasteiger partial charge is 0.255 e. The van der Waals surface area contributed by atoms with Crippen molar-refractivity contribution in [2.24, 2.45) is 11.7 Å². The molecule has 4 N–H and O–H groups in total. The van der Waals surface area contributed by atoms with Crippen molar-refractivity contribution in [2.45, 2.75) is 64.1 Å². The molecule has 0 aromatic heterocycles. The highest BCUT2D eigenvalue weighted by molar-refractivity contribution is 6.00. The Hall–Kier alpha value is -5.48. The molecule has 53 heavy (non-hydrogen) atoms. The predicted molar refractivity (Wildman–Crippen MR) is 205 cm³/mol.